The van der Waals surface area contributed by atoms with Crippen LogP contribution in [0.1, 0.15) is 18.4 Å². The molecule has 2 aliphatic rings. The van der Waals surface area contributed by atoms with Crippen molar-refractivity contribution in [3.63, 3.8) is 0 Å². The molecule has 2 aromatic rings. The fourth-order valence-electron chi connectivity index (χ4n) is 2.85. The maximum absolute atomic E-state index is 12.5. The fraction of sp³-hybridized carbons (Fsp3) is 0.294. The van der Waals surface area contributed by atoms with E-state index in [1.807, 2.05) is 12.1 Å². The van der Waals surface area contributed by atoms with E-state index in [-0.39, 0.29) is 20.2 Å². The first kappa shape index (κ1) is 14.3. The summed E-state index contributed by atoms with van der Waals surface area (Å²) in [5.41, 5.74) is 2.08. The average Bonchev–Trinajstić information content (AvgIpc) is 3.29. The van der Waals surface area contributed by atoms with Crippen LogP contribution in [-0.2, 0) is 16.4 Å². The number of nitrogens with zero attached hydrogens (tertiary/aromatic N) is 1. The van der Waals surface area contributed by atoms with Gasteiger partial charge in [0.1, 0.15) is 0 Å². The SMILES string of the molecule is O=S(=O)(C1CC1)N1CCc2cc([Se]c3ccccc3)ccc21. The van der Waals surface area contributed by atoms with Gasteiger partial charge in [0.25, 0.3) is 0 Å². The number of fused-ring (bicyclic) bond motifs is 1. The van der Waals surface area contributed by atoms with Crippen LogP contribution in [0.15, 0.2) is 48.5 Å². The zero-order valence-electron chi connectivity index (χ0n) is 12.1. The summed E-state index contributed by atoms with van der Waals surface area (Å²) in [6, 6.07) is 16.7. The summed E-state index contributed by atoms with van der Waals surface area (Å²) >= 11 is 0.277. The molecule has 22 heavy (non-hydrogen) atoms. The van der Waals surface area contributed by atoms with Crippen molar-refractivity contribution in [2.75, 3.05) is 10.8 Å². The molecule has 0 bridgehead atoms. The molecule has 3 nitrogen and oxygen atoms in total. The van der Waals surface area contributed by atoms with Gasteiger partial charge in [-0.2, -0.15) is 0 Å². The normalized spacial score (nSPS) is 17.5. The van der Waals surface area contributed by atoms with E-state index in [0.29, 0.717) is 6.54 Å². The van der Waals surface area contributed by atoms with E-state index >= 15 is 0 Å². The summed E-state index contributed by atoms with van der Waals surface area (Å²) in [7, 11) is -3.11. The van der Waals surface area contributed by atoms with Crippen molar-refractivity contribution >= 4 is 39.6 Å². The zero-order chi connectivity index (χ0) is 15.2. The summed E-state index contributed by atoms with van der Waals surface area (Å²) in [6.07, 6.45) is 2.48. The first-order valence-electron chi connectivity index (χ1n) is 7.52. The van der Waals surface area contributed by atoms with Gasteiger partial charge in [0.2, 0.25) is 0 Å². The number of rotatable bonds is 4. The van der Waals surface area contributed by atoms with Crippen LogP contribution in [0, 0.1) is 0 Å². The topological polar surface area (TPSA) is 37.4 Å². The molecule has 0 aromatic heterocycles. The van der Waals surface area contributed by atoms with E-state index in [0.717, 1.165) is 24.9 Å². The minimum atomic E-state index is -3.11. The predicted molar refractivity (Wildman–Crippen MR) is 90.9 cm³/mol. The average molecular weight is 378 g/mol. The number of anilines is 1. The van der Waals surface area contributed by atoms with Gasteiger partial charge in [-0.05, 0) is 0 Å². The number of benzene rings is 2. The van der Waals surface area contributed by atoms with E-state index < -0.39 is 10.0 Å². The molecule has 0 amide bonds. The predicted octanol–water partition coefficient (Wildman–Crippen LogP) is 1.20. The van der Waals surface area contributed by atoms with Crippen LogP contribution < -0.4 is 13.2 Å². The molecule has 1 heterocycles. The first-order chi connectivity index (χ1) is 10.6. The van der Waals surface area contributed by atoms with E-state index in [9.17, 15) is 8.42 Å². The van der Waals surface area contributed by atoms with Gasteiger partial charge in [0, 0.05) is 0 Å². The molecule has 1 fully saturated rings. The molecule has 0 radical (unpaired) electrons. The van der Waals surface area contributed by atoms with Crippen LogP contribution >= 0.6 is 0 Å². The second-order valence-electron chi connectivity index (χ2n) is 5.77. The Hall–Kier alpha value is -1.29. The number of hydrogen-bond donors (Lipinski definition) is 0. The quantitative estimate of drug-likeness (QED) is 0.750. The Morgan fingerprint density at radius 2 is 1.77 bits per heavy atom. The van der Waals surface area contributed by atoms with Crippen molar-refractivity contribution < 1.29 is 8.42 Å². The Morgan fingerprint density at radius 1 is 1.00 bits per heavy atom. The molecule has 1 aliphatic carbocycles. The van der Waals surface area contributed by atoms with Crippen molar-refractivity contribution in [1.29, 1.82) is 0 Å². The summed E-state index contributed by atoms with van der Waals surface area (Å²) in [5.74, 6) is 0. The van der Waals surface area contributed by atoms with Crippen LogP contribution in [0.4, 0.5) is 5.69 Å². The van der Waals surface area contributed by atoms with Gasteiger partial charge in [-0.3, -0.25) is 0 Å². The monoisotopic (exact) mass is 379 g/mol. The zero-order valence-corrected chi connectivity index (χ0v) is 14.6. The maximum atomic E-state index is 12.5. The Kier molecular flexibility index (Phi) is 3.52. The molecule has 5 heteroatoms. The van der Waals surface area contributed by atoms with Gasteiger partial charge in [-0.25, -0.2) is 0 Å². The van der Waals surface area contributed by atoms with Crippen LogP contribution in [-0.4, -0.2) is 35.2 Å². The molecule has 0 unspecified atom stereocenters. The van der Waals surface area contributed by atoms with E-state index in [4.69, 9.17) is 0 Å². The molecular formula is C17H17NO2SSe. The van der Waals surface area contributed by atoms with Gasteiger partial charge >= 0.3 is 137 Å². The summed E-state index contributed by atoms with van der Waals surface area (Å²) in [6.45, 7) is 0.607. The molecule has 0 saturated heterocycles. The van der Waals surface area contributed by atoms with Crippen molar-refractivity contribution in [3.8, 4) is 0 Å². The first-order valence-corrected chi connectivity index (χ1v) is 10.7. The molecule has 1 aliphatic heterocycles. The van der Waals surface area contributed by atoms with Crippen molar-refractivity contribution in [3.05, 3.63) is 54.1 Å². The summed E-state index contributed by atoms with van der Waals surface area (Å²) < 4.78 is 29.2. The third-order valence-corrected chi connectivity index (χ3v) is 8.54. The molecular weight excluding hydrogens is 361 g/mol. The van der Waals surface area contributed by atoms with Crippen molar-refractivity contribution in [2.45, 2.75) is 24.5 Å². The van der Waals surface area contributed by atoms with Crippen LogP contribution in [0.5, 0.6) is 0 Å². The Bertz CT molecular complexity index is 801. The van der Waals surface area contributed by atoms with Gasteiger partial charge in [-0.15, -0.1) is 0 Å². The molecule has 2 aromatic carbocycles. The third-order valence-electron chi connectivity index (χ3n) is 4.14. The van der Waals surface area contributed by atoms with Gasteiger partial charge in [-0.1, -0.05) is 0 Å². The second-order valence-corrected chi connectivity index (χ2v) is 10.3. The van der Waals surface area contributed by atoms with Gasteiger partial charge < -0.3 is 0 Å². The number of hydrogen-bond acceptors (Lipinski definition) is 2. The van der Waals surface area contributed by atoms with E-state index in [1.54, 1.807) is 4.31 Å². The molecule has 114 valence electrons. The Balaban J connectivity index is 1.61. The molecule has 0 spiro atoms. The molecule has 4 rings (SSSR count). The van der Waals surface area contributed by atoms with Crippen molar-refractivity contribution in [1.82, 2.24) is 0 Å². The molecule has 0 N–H and O–H groups in total. The van der Waals surface area contributed by atoms with Crippen LogP contribution in [0.25, 0.3) is 0 Å². The van der Waals surface area contributed by atoms with E-state index in [2.05, 4.69) is 36.4 Å². The van der Waals surface area contributed by atoms with E-state index in [1.165, 1.54) is 14.5 Å². The third kappa shape index (κ3) is 2.58. The van der Waals surface area contributed by atoms with Crippen LogP contribution in [0.2, 0.25) is 0 Å². The van der Waals surface area contributed by atoms with Gasteiger partial charge in [0.15, 0.2) is 0 Å². The molecule has 1 saturated carbocycles. The van der Waals surface area contributed by atoms with Crippen LogP contribution in [0.3, 0.4) is 0 Å². The van der Waals surface area contributed by atoms with Crippen molar-refractivity contribution in [2.24, 2.45) is 0 Å². The standard InChI is InChI=1S/C17H17NO2SSe/c19-21(20,14-6-7-14)18-11-10-13-12-16(8-9-17(13)18)22-15-4-2-1-3-5-15/h1-5,8-9,12,14H,6-7,10-11H2. The second kappa shape index (κ2) is 5.41. The summed E-state index contributed by atoms with van der Waals surface area (Å²) in [4.78, 5) is 0. The molecule has 0 atom stereocenters. The fourth-order valence-corrected chi connectivity index (χ4v) is 6.63. The Labute approximate surface area is 137 Å². The van der Waals surface area contributed by atoms with Gasteiger partial charge in [0.05, 0.1) is 0 Å². The minimum absolute atomic E-state index is 0.133. The Morgan fingerprint density at radius 3 is 2.50 bits per heavy atom. The number of sulfonamides is 1. The summed E-state index contributed by atoms with van der Waals surface area (Å²) in [5, 5.41) is -0.133.